The molecule has 5 heteroatoms. The van der Waals surface area contributed by atoms with E-state index in [9.17, 15) is 0 Å². The fourth-order valence-corrected chi connectivity index (χ4v) is 2.39. The minimum Gasteiger partial charge on any atom is -0.399 e. The van der Waals surface area contributed by atoms with Crippen molar-refractivity contribution in [3.8, 4) is 0 Å². The van der Waals surface area contributed by atoms with E-state index in [0.717, 1.165) is 22.4 Å². The Morgan fingerprint density at radius 3 is 2.71 bits per heavy atom. The third kappa shape index (κ3) is 2.63. The summed E-state index contributed by atoms with van der Waals surface area (Å²) in [4.78, 5) is 9.84. The van der Waals surface area contributed by atoms with Crippen molar-refractivity contribution in [2.45, 2.75) is 6.92 Å². The quantitative estimate of drug-likeness (QED) is 0.644. The van der Waals surface area contributed by atoms with Crippen molar-refractivity contribution >= 4 is 34.0 Å². The van der Waals surface area contributed by atoms with Gasteiger partial charge in [-0.2, -0.15) is 0 Å². The molecule has 0 amide bonds. The van der Waals surface area contributed by atoms with Crippen LogP contribution in [0.4, 0.5) is 23.0 Å². The maximum absolute atomic E-state index is 5.78. The molecule has 0 unspecified atom stereocenters. The number of hydrogen-bond donors (Lipinski definition) is 3. The number of nitrogens with one attached hydrogen (secondary N) is 2. The second kappa shape index (κ2) is 5.01. The van der Waals surface area contributed by atoms with E-state index in [2.05, 4.69) is 39.2 Å². The van der Waals surface area contributed by atoms with E-state index < -0.39 is 0 Å². The van der Waals surface area contributed by atoms with E-state index in [-0.39, 0.29) is 0 Å². The number of aromatic amines is 1. The van der Waals surface area contributed by atoms with E-state index >= 15 is 0 Å². The summed E-state index contributed by atoms with van der Waals surface area (Å²) in [5.41, 5.74) is 11.7. The van der Waals surface area contributed by atoms with Gasteiger partial charge in [0.05, 0.1) is 11.0 Å². The van der Waals surface area contributed by atoms with Crippen molar-refractivity contribution in [1.29, 1.82) is 0 Å². The Balaban J connectivity index is 1.93. The number of benzene rings is 2. The first-order valence-corrected chi connectivity index (χ1v) is 6.83. The molecule has 108 valence electrons. The van der Waals surface area contributed by atoms with Crippen LogP contribution in [0.1, 0.15) is 5.56 Å². The van der Waals surface area contributed by atoms with Gasteiger partial charge < -0.3 is 20.9 Å². The molecule has 0 atom stereocenters. The monoisotopic (exact) mass is 281 g/mol. The van der Waals surface area contributed by atoms with Crippen LogP contribution in [0.5, 0.6) is 0 Å². The highest BCUT2D eigenvalue weighted by Crippen LogP contribution is 2.25. The van der Waals surface area contributed by atoms with Crippen LogP contribution >= 0.6 is 0 Å². The van der Waals surface area contributed by atoms with E-state index in [1.807, 2.05) is 38.4 Å². The van der Waals surface area contributed by atoms with Gasteiger partial charge in [0.15, 0.2) is 0 Å². The highest BCUT2D eigenvalue weighted by molar-refractivity contribution is 5.81. The van der Waals surface area contributed by atoms with Crippen molar-refractivity contribution in [3.05, 3.63) is 42.0 Å². The lowest BCUT2D eigenvalue weighted by Crippen LogP contribution is -2.10. The third-order valence-electron chi connectivity index (χ3n) is 3.46. The average molecular weight is 281 g/mol. The summed E-state index contributed by atoms with van der Waals surface area (Å²) in [5, 5.41) is 3.30. The zero-order chi connectivity index (χ0) is 15.0. The van der Waals surface area contributed by atoms with Crippen LogP contribution in [0.3, 0.4) is 0 Å². The molecule has 0 aliphatic carbocycles. The summed E-state index contributed by atoms with van der Waals surface area (Å²) in [5.74, 6) is 0.712. The molecule has 21 heavy (non-hydrogen) atoms. The van der Waals surface area contributed by atoms with Gasteiger partial charge in [-0.25, -0.2) is 4.98 Å². The molecule has 0 aliphatic heterocycles. The fraction of sp³-hybridized carbons (Fsp3) is 0.188. The van der Waals surface area contributed by atoms with E-state index in [4.69, 9.17) is 5.73 Å². The first-order valence-electron chi connectivity index (χ1n) is 6.83. The van der Waals surface area contributed by atoms with Gasteiger partial charge in [-0.05, 0) is 42.8 Å². The van der Waals surface area contributed by atoms with Gasteiger partial charge in [-0.3, -0.25) is 0 Å². The lowest BCUT2D eigenvalue weighted by atomic mass is 10.1. The van der Waals surface area contributed by atoms with Crippen molar-refractivity contribution in [3.63, 3.8) is 0 Å². The number of aromatic nitrogens is 2. The smallest absolute Gasteiger partial charge is 0.205 e. The maximum atomic E-state index is 5.78. The van der Waals surface area contributed by atoms with Crippen LogP contribution in [0.15, 0.2) is 36.4 Å². The number of anilines is 4. The topological polar surface area (TPSA) is 70.0 Å². The summed E-state index contributed by atoms with van der Waals surface area (Å²) in [6.07, 6.45) is 0. The molecule has 0 saturated carbocycles. The zero-order valence-corrected chi connectivity index (χ0v) is 12.4. The minimum absolute atomic E-state index is 0.712. The number of rotatable bonds is 3. The number of aryl methyl sites for hydroxylation is 1. The summed E-state index contributed by atoms with van der Waals surface area (Å²) >= 11 is 0. The Kier molecular flexibility index (Phi) is 3.17. The average Bonchev–Trinajstić information content (AvgIpc) is 2.82. The maximum Gasteiger partial charge on any atom is 0.205 e. The highest BCUT2D eigenvalue weighted by atomic mass is 15.1. The second-order valence-corrected chi connectivity index (χ2v) is 5.38. The minimum atomic E-state index is 0.712. The molecule has 0 spiro atoms. The second-order valence-electron chi connectivity index (χ2n) is 5.38. The first-order chi connectivity index (χ1) is 10.0. The molecule has 1 aromatic heterocycles. The third-order valence-corrected chi connectivity index (χ3v) is 3.46. The number of imidazole rings is 1. The molecule has 1 heterocycles. The van der Waals surface area contributed by atoms with Crippen LogP contribution < -0.4 is 16.0 Å². The molecular formula is C16H19N5. The van der Waals surface area contributed by atoms with Gasteiger partial charge in [0.25, 0.3) is 0 Å². The van der Waals surface area contributed by atoms with E-state index in [1.165, 1.54) is 11.3 Å². The number of fused-ring (bicyclic) bond motifs is 1. The van der Waals surface area contributed by atoms with Gasteiger partial charge in [0.1, 0.15) is 0 Å². The first kappa shape index (κ1) is 13.3. The molecule has 0 radical (unpaired) electrons. The van der Waals surface area contributed by atoms with Gasteiger partial charge in [0.2, 0.25) is 5.95 Å². The number of hydrogen-bond acceptors (Lipinski definition) is 4. The molecule has 3 rings (SSSR count). The molecule has 0 aliphatic rings. The standard InChI is InChI=1S/C16H19N5/c1-10-4-6-12(9-15(10)21(2)3)18-16-19-13-7-5-11(17)8-14(13)20-16/h4-9H,17H2,1-3H3,(H2,18,19,20). The highest BCUT2D eigenvalue weighted by Gasteiger charge is 2.06. The van der Waals surface area contributed by atoms with Crippen molar-refractivity contribution in [2.24, 2.45) is 0 Å². The van der Waals surface area contributed by atoms with Gasteiger partial charge >= 0.3 is 0 Å². The normalized spacial score (nSPS) is 10.8. The van der Waals surface area contributed by atoms with Crippen molar-refractivity contribution < 1.29 is 0 Å². The van der Waals surface area contributed by atoms with Gasteiger partial charge in [-0.1, -0.05) is 6.07 Å². The largest absolute Gasteiger partial charge is 0.399 e. The number of nitrogens with two attached hydrogens (primary N) is 1. The molecule has 2 aromatic carbocycles. The van der Waals surface area contributed by atoms with Gasteiger partial charge in [0, 0.05) is 31.2 Å². The molecule has 0 bridgehead atoms. The fourth-order valence-electron chi connectivity index (χ4n) is 2.39. The number of H-pyrrole nitrogens is 1. The predicted molar refractivity (Wildman–Crippen MR) is 89.3 cm³/mol. The molecule has 5 nitrogen and oxygen atoms in total. The van der Waals surface area contributed by atoms with E-state index in [0.29, 0.717) is 5.95 Å². The lowest BCUT2D eigenvalue weighted by Gasteiger charge is -2.17. The van der Waals surface area contributed by atoms with Crippen LogP contribution in [0, 0.1) is 6.92 Å². The summed E-state index contributed by atoms with van der Waals surface area (Å²) < 4.78 is 0. The van der Waals surface area contributed by atoms with Crippen LogP contribution in [0.2, 0.25) is 0 Å². The van der Waals surface area contributed by atoms with Crippen molar-refractivity contribution in [2.75, 3.05) is 30.0 Å². The Morgan fingerprint density at radius 1 is 1.14 bits per heavy atom. The summed E-state index contributed by atoms with van der Waals surface area (Å²) in [6, 6.07) is 11.9. The summed E-state index contributed by atoms with van der Waals surface area (Å²) in [7, 11) is 4.08. The Labute approximate surface area is 123 Å². The van der Waals surface area contributed by atoms with Crippen LogP contribution in [-0.2, 0) is 0 Å². The number of nitrogen functional groups attached to an aromatic ring is 1. The Bertz CT molecular complexity index is 788. The molecule has 4 N–H and O–H groups in total. The van der Waals surface area contributed by atoms with Gasteiger partial charge in [-0.15, -0.1) is 0 Å². The molecule has 3 aromatic rings. The van der Waals surface area contributed by atoms with Crippen LogP contribution in [-0.4, -0.2) is 24.1 Å². The van der Waals surface area contributed by atoms with Crippen LogP contribution in [0.25, 0.3) is 11.0 Å². The lowest BCUT2D eigenvalue weighted by molar-refractivity contribution is 1.11. The van der Waals surface area contributed by atoms with Crippen molar-refractivity contribution in [1.82, 2.24) is 9.97 Å². The zero-order valence-electron chi connectivity index (χ0n) is 12.4. The molecule has 0 fully saturated rings. The Hall–Kier alpha value is -2.69. The number of nitrogens with zero attached hydrogens (tertiary/aromatic N) is 2. The van der Waals surface area contributed by atoms with E-state index in [1.54, 1.807) is 0 Å². The summed E-state index contributed by atoms with van der Waals surface area (Å²) in [6.45, 7) is 2.10. The molecule has 0 saturated heterocycles. The predicted octanol–water partition coefficient (Wildman–Crippen LogP) is 3.26. The SMILES string of the molecule is Cc1ccc(Nc2nc3ccc(N)cc3[nH]2)cc1N(C)C. The molecular weight excluding hydrogens is 262 g/mol. The Morgan fingerprint density at radius 2 is 1.95 bits per heavy atom.